The second-order valence-corrected chi connectivity index (χ2v) is 11.7. The Kier molecular flexibility index (Phi) is 10.1. The van der Waals surface area contributed by atoms with Gasteiger partial charge in [-0.15, -0.1) is 0 Å². The lowest BCUT2D eigenvalue weighted by Crippen LogP contribution is -2.31. The molecule has 0 fully saturated rings. The van der Waals surface area contributed by atoms with Crippen molar-refractivity contribution in [3.05, 3.63) is 78.1 Å². The van der Waals surface area contributed by atoms with Crippen LogP contribution in [0.1, 0.15) is 24.5 Å². The number of oxime groups is 1. The van der Waals surface area contributed by atoms with Crippen LogP contribution in [-0.4, -0.2) is 51.8 Å². The van der Waals surface area contributed by atoms with E-state index in [-0.39, 0.29) is 42.9 Å². The summed E-state index contributed by atoms with van der Waals surface area (Å²) >= 11 is 0. The topological polar surface area (TPSA) is 177 Å². The first kappa shape index (κ1) is 29.7. The molecular weight excluding hydrogens is 546 g/mol. The third-order valence-corrected chi connectivity index (χ3v) is 8.66. The quantitative estimate of drug-likeness (QED) is 0.0950. The maximum absolute atomic E-state index is 13.6. The summed E-state index contributed by atoms with van der Waals surface area (Å²) in [5.41, 5.74) is 11.7. The first-order valence-corrected chi connectivity index (χ1v) is 14.8. The Morgan fingerprint density at radius 2 is 1.62 bits per heavy atom. The zero-order valence-electron chi connectivity index (χ0n) is 21.6. The van der Waals surface area contributed by atoms with Gasteiger partial charge in [0, 0.05) is 38.0 Å². The SMILES string of the molecule is CCN(Cc1ccncc1)S(=O)(=O)c1ccccc1S(=O)(=O)Oc1cc(C)cc(OCCCON=C(N)N)c1. The van der Waals surface area contributed by atoms with Gasteiger partial charge in [-0.1, -0.05) is 19.1 Å². The normalized spacial score (nSPS) is 11.7. The molecule has 39 heavy (non-hydrogen) atoms. The molecule has 1 aromatic heterocycles. The maximum atomic E-state index is 13.6. The summed E-state index contributed by atoms with van der Waals surface area (Å²) in [6, 6.07) is 13.3. The van der Waals surface area contributed by atoms with E-state index in [4.69, 9.17) is 25.2 Å². The molecule has 3 rings (SSSR count). The number of guanidine groups is 1. The standard InChI is InChI=1S/C25H31N5O7S2/c1-3-30(18-20-9-11-28-12-10-20)38(31,32)23-7-4-5-8-24(23)39(33,34)37-22-16-19(2)15-21(17-22)35-13-6-14-36-29-25(26)27/h4-5,7-12,15-17H,3,6,13-14,18H2,1-2H3,(H4,26,27,29). The predicted molar refractivity (Wildman–Crippen MR) is 145 cm³/mol. The molecule has 0 saturated heterocycles. The number of benzene rings is 2. The summed E-state index contributed by atoms with van der Waals surface area (Å²) in [6.07, 6.45) is 3.57. The summed E-state index contributed by atoms with van der Waals surface area (Å²) in [6.45, 7) is 4.03. The number of aryl methyl sites for hydroxylation is 1. The number of sulfonamides is 1. The van der Waals surface area contributed by atoms with Crippen LogP contribution in [0.15, 0.2) is 81.9 Å². The van der Waals surface area contributed by atoms with Crippen LogP contribution in [0.3, 0.4) is 0 Å². The highest BCUT2D eigenvalue weighted by Crippen LogP contribution is 2.30. The molecule has 0 unspecified atom stereocenters. The minimum Gasteiger partial charge on any atom is -0.493 e. The van der Waals surface area contributed by atoms with Crippen molar-refractivity contribution in [2.24, 2.45) is 16.6 Å². The summed E-state index contributed by atoms with van der Waals surface area (Å²) in [5, 5.41) is 3.41. The first-order chi connectivity index (χ1) is 18.5. The highest BCUT2D eigenvalue weighted by atomic mass is 32.2. The monoisotopic (exact) mass is 577 g/mol. The van der Waals surface area contributed by atoms with Crippen molar-refractivity contribution in [2.75, 3.05) is 19.8 Å². The molecule has 210 valence electrons. The average Bonchev–Trinajstić information content (AvgIpc) is 2.89. The predicted octanol–water partition coefficient (Wildman–Crippen LogP) is 2.34. The molecule has 0 radical (unpaired) electrons. The lowest BCUT2D eigenvalue weighted by atomic mass is 10.2. The molecule has 0 amide bonds. The van der Waals surface area contributed by atoms with Gasteiger partial charge >= 0.3 is 10.1 Å². The van der Waals surface area contributed by atoms with Gasteiger partial charge in [-0.25, -0.2) is 8.42 Å². The lowest BCUT2D eigenvalue weighted by Gasteiger charge is -2.22. The fourth-order valence-electron chi connectivity index (χ4n) is 3.52. The van der Waals surface area contributed by atoms with E-state index < -0.39 is 25.0 Å². The molecule has 3 aromatic rings. The molecule has 0 spiro atoms. The van der Waals surface area contributed by atoms with Crippen molar-refractivity contribution in [3.8, 4) is 11.5 Å². The first-order valence-electron chi connectivity index (χ1n) is 11.9. The Labute approximate surface area is 228 Å². The molecule has 4 N–H and O–H groups in total. The molecule has 12 nitrogen and oxygen atoms in total. The van der Waals surface area contributed by atoms with Crippen LogP contribution in [0.2, 0.25) is 0 Å². The van der Waals surface area contributed by atoms with Crippen LogP contribution < -0.4 is 20.4 Å². The van der Waals surface area contributed by atoms with Gasteiger partial charge in [0.1, 0.15) is 27.9 Å². The van der Waals surface area contributed by atoms with Gasteiger partial charge in [0.15, 0.2) is 0 Å². The van der Waals surface area contributed by atoms with E-state index in [1.165, 1.54) is 40.7 Å². The van der Waals surface area contributed by atoms with Crippen molar-refractivity contribution in [2.45, 2.75) is 36.6 Å². The van der Waals surface area contributed by atoms with Crippen molar-refractivity contribution in [1.29, 1.82) is 0 Å². The molecule has 1 heterocycles. The van der Waals surface area contributed by atoms with Gasteiger partial charge in [0.05, 0.1) is 6.61 Å². The van der Waals surface area contributed by atoms with Gasteiger partial charge in [-0.3, -0.25) is 4.98 Å². The third-order valence-electron chi connectivity index (χ3n) is 5.25. The highest BCUT2D eigenvalue weighted by molar-refractivity contribution is 7.91. The Morgan fingerprint density at radius 3 is 2.28 bits per heavy atom. The molecule has 2 aromatic carbocycles. The van der Waals surface area contributed by atoms with Crippen LogP contribution in [0.25, 0.3) is 0 Å². The molecule has 14 heteroatoms. The van der Waals surface area contributed by atoms with Gasteiger partial charge in [0.25, 0.3) is 0 Å². The van der Waals surface area contributed by atoms with E-state index in [0.717, 1.165) is 0 Å². The number of rotatable bonds is 14. The Hall–Kier alpha value is -3.88. The van der Waals surface area contributed by atoms with E-state index >= 15 is 0 Å². The fraction of sp³-hybridized carbons (Fsp3) is 0.280. The zero-order chi connectivity index (χ0) is 28.5. The summed E-state index contributed by atoms with van der Waals surface area (Å²) in [5.74, 6) is 0.138. The minimum atomic E-state index is -4.55. The maximum Gasteiger partial charge on any atom is 0.340 e. The van der Waals surface area contributed by atoms with Gasteiger partial charge < -0.3 is 25.2 Å². The van der Waals surface area contributed by atoms with Gasteiger partial charge in [-0.2, -0.15) is 12.7 Å². The molecule has 0 bridgehead atoms. The second kappa shape index (κ2) is 13.3. The third kappa shape index (κ3) is 8.30. The van der Waals surface area contributed by atoms with Crippen molar-refractivity contribution >= 4 is 26.1 Å². The molecule has 0 aliphatic carbocycles. The van der Waals surface area contributed by atoms with Crippen molar-refractivity contribution in [3.63, 3.8) is 0 Å². The van der Waals surface area contributed by atoms with Crippen LogP contribution in [0.5, 0.6) is 11.5 Å². The van der Waals surface area contributed by atoms with Crippen molar-refractivity contribution in [1.82, 2.24) is 9.29 Å². The van der Waals surface area contributed by atoms with Crippen LogP contribution in [-0.2, 0) is 31.5 Å². The minimum absolute atomic E-state index is 0.0295. The second-order valence-electron chi connectivity index (χ2n) is 8.30. The number of hydrogen-bond acceptors (Lipinski definition) is 9. The Morgan fingerprint density at radius 1 is 0.949 bits per heavy atom. The molecular formula is C25H31N5O7S2. The Bertz CT molecular complexity index is 1490. The smallest absolute Gasteiger partial charge is 0.340 e. The average molecular weight is 578 g/mol. The molecule has 0 aliphatic rings. The van der Waals surface area contributed by atoms with Gasteiger partial charge in [0.2, 0.25) is 16.0 Å². The van der Waals surface area contributed by atoms with Crippen LogP contribution in [0.4, 0.5) is 0 Å². The largest absolute Gasteiger partial charge is 0.493 e. The molecule has 0 atom stereocenters. The summed E-state index contributed by atoms with van der Waals surface area (Å²) in [4.78, 5) is 7.97. The van der Waals surface area contributed by atoms with Gasteiger partial charge in [-0.05, 0) is 59.6 Å². The number of nitrogens with zero attached hydrogens (tertiary/aromatic N) is 3. The van der Waals surface area contributed by atoms with E-state index in [9.17, 15) is 16.8 Å². The van der Waals surface area contributed by atoms with Crippen LogP contribution in [0, 0.1) is 6.92 Å². The van der Waals surface area contributed by atoms with Crippen LogP contribution >= 0.6 is 0 Å². The summed E-state index contributed by atoms with van der Waals surface area (Å²) in [7, 11) is -8.75. The number of pyridine rings is 1. The van der Waals surface area contributed by atoms with Crippen molar-refractivity contribution < 1.29 is 30.6 Å². The lowest BCUT2D eigenvalue weighted by molar-refractivity contribution is 0.127. The van der Waals surface area contributed by atoms with E-state index in [1.54, 1.807) is 44.4 Å². The number of ether oxygens (including phenoxy) is 1. The number of aromatic nitrogens is 1. The molecule has 0 saturated carbocycles. The van der Waals surface area contributed by atoms with E-state index in [2.05, 4.69) is 10.1 Å². The summed E-state index contributed by atoms with van der Waals surface area (Å²) < 4.78 is 66.0. The number of hydrogen-bond donors (Lipinski definition) is 2. The Balaban J connectivity index is 1.81. The molecule has 0 aliphatic heterocycles. The van der Waals surface area contributed by atoms with E-state index in [0.29, 0.717) is 23.3 Å². The van der Waals surface area contributed by atoms with E-state index in [1.807, 2.05) is 0 Å². The highest BCUT2D eigenvalue weighted by Gasteiger charge is 2.32. The number of nitrogens with two attached hydrogens (primary N) is 2. The fourth-order valence-corrected chi connectivity index (χ4v) is 6.65. The zero-order valence-corrected chi connectivity index (χ0v) is 23.2.